The molecule has 0 aromatic heterocycles. The molecule has 0 spiro atoms. The molecule has 10 nitrogen and oxygen atoms in total. The zero-order valence-corrected chi connectivity index (χ0v) is 19.6. The van der Waals surface area contributed by atoms with Crippen molar-refractivity contribution in [2.24, 2.45) is 4.99 Å². The monoisotopic (exact) mass is 483 g/mol. The first-order chi connectivity index (χ1) is 16.0. The lowest BCUT2D eigenvalue weighted by atomic mass is 10.1. The number of carbonyl (C=O) groups is 3. The van der Waals surface area contributed by atoms with Crippen molar-refractivity contribution < 1.29 is 22.8 Å². The van der Waals surface area contributed by atoms with Crippen molar-refractivity contribution in [1.29, 1.82) is 0 Å². The Hall–Kier alpha value is -3.73. The normalized spacial score (nSPS) is 17.9. The van der Waals surface area contributed by atoms with Crippen molar-refractivity contribution in [1.82, 2.24) is 16.0 Å². The number of benzene rings is 2. The highest BCUT2D eigenvalue weighted by molar-refractivity contribution is 7.90. The van der Waals surface area contributed by atoms with Gasteiger partial charge in [0.15, 0.2) is 9.84 Å². The average molecular weight is 484 g/mol. The van der Waals surface area contributed by atoms with Gasteiger partial charge in [-0.25, -0.2) is 8.42 Å². The van der Waals surface area contributed by atoms with Gasteiger partial charge in [0.1, 0.15) is 0 Å². The Kier molecular flexibility index (Phi) is 6.13. The number of carbonyl (C=O) groups excluding carboxylic acids is 3. The molecule has 1 saturated heterocycles. The van der Waals surface area contributed by atoms with Gasteiger partial charge in [0.2, 0.25) is 11.9 Å². The second-order valence-electron chi connectivity index (χ2n) is 8.69. The predicted octanol–water partition coefficient (Wildman–Crippen LogP) is 1.72. The second kappa shape index (κ2) is 8.90. The van der Waals surface area contributed by atoms with Crippen LogP contribution in [0, 0.1) is 0 Å². The molecule has 178 valence electrons. The molecule has 11 heteroatoms. The summed E-state index contributed by atoms with van der Waals surface area (Å²) in [6.45, 7) is 2.34. The van der Waals surface area contributed by atoms with Crippen LogP contribution in [0.5, 0.6) is 0 Å². The van der Waals surface area contributed by atoms with Crippen LogP contribution < -0.4 is 21.3 Å². The van der Waals surface area contributed by atoms with Crippen molar-refractivity contribution in [2.75, 3.05) is 18.1 Å². The fraction of sp³-hybridized carbons (Fsp3) is 0.304. The smallest absolute Gasteiger partial charge is 0.280 e. The summed E-state index contributed by atoms with van der Waals surface area (Å²) in [5, 5.41) is 11.3. The summed E-state index contributed by atoms with van der Waals surface area (Å²) in [6.07, 6.45) is 3.19. The first-order valence-corrected chi connectivity index (χ1v) is 12.6. The molecule has 1 heterocycles. The Morgan fingerprint density at radius 1 is 1.09 bits per heavy atom. The second-order valence-corrected chi connectivity index (χ2v) is 10.7. The van der Waals surface area contributed by atoms with Gasteiger partial charge in [-0.15, -0.1) is 0 Å². The van der Waals surface area contributed by atoms with E-state index in [0.717, 1.165) is 19.1 Å². The minimum Gasteiger partial charge on any atom is -0.355 e. The maximum Gasteiger partial charge on any atom is 0.280 e. The number of hydrogen-bond donors (Lipinski definition) is 4. The molecule has 4 rings (SSSR count). The SMILES string of the molecule is CC1(NC(=O)c2cccc(Nc3ccc(C(=O)/N=C4\NCCC(=O)N4)cc3S(C)(=O)=O)c2)CC1. The molecule has 4 N–H and O–H groups in total. The lowest BCUT2D eigenvalue weighted by Gasteiger charge is -2.16. The van der Waals surface area contributed by atoms with Gasteiger partial charge in [-0.2, -0.15) is 4.99 Å². The van der Waals surface area contributed by atoms with Gasteiger partial charge in [0, 0.05) is 41.6 Å². The van der Waals surface area contributed by atoms with E-state index in [-0.39, 0.29) is 45.9 Å². The van der Waals surface area contributed by atoms with Gasteiger partial charge in [-0.3, -0.25) is 19.7 Å². The molecule has 0 bridgehead atoms. The van der Waals surface area contributed by atoms with Gasteiger partial charge >= 0.3 is 0 Å². The summed E-state index contributed by atoms with van der Waals surface area (Å²) in [5.41, 5.74) is 1.11. The summed E-state index contributed by atoms with van der Waals surface area (Å²) < 4.78 is 24.9. The van der Waals surface area contributed by atoms with E-state index in [9.17, 15) is 22.8 Å². The Labute approximate surface area is 197 Å². The van der Waals surface area contributed by atoms with Crippen LogP contribution in [-0.4, -0.2) is 50.4 Å². The number of guanidine groups is 1. The van der Waals surface area contributed by atoms with Crippen LogP contribution >= 0.6 is 0 Å². The molecule has 1 aliphatic carbocycles. The van der Waals surface area contributed by atoms with Gasteiger partial charge in [-0.05, 0) is 56.2 Å². The highest BCUT2D eigenvalue weighted by Crippen LogP contribution is 2.34. The lowest BCUT2D eigenvalue weighted by Crippen LogP contribution is -2.48. The Balaban J connectivity index is 1.58. The van der Waals surface area contributed by atoms with Gasteiger partial charge in [0.25, 0.3) is 11.8 Å². The summed E-state index contributed by atoms with van der Waals surface area (Å²) in [4.78, 5) is 40.3. The minimum absolute atomic E-state index is 0.0273. The maximum absolute atomic E-state index is 12.6. The minimum atomic E-state index is -3.72. The number of rotatable bonds is 6. The Morgan fingerprint density at radius 2 is 1.85 bits per heavy atom. The first-order valence-electron chi connectivity index (χ1n) is 10.7. The number of amides is 3. The number of nitrogens with zero attached hydrogens (tertiary/aromatic N) is 1. The molecular formula is C23H25N5O5S. The summed E-state index contributed by atoms with van der Waals surface area (Å²) in [6, 6.07) is 10.9. The molecular weight excluding hydrogens is 458 g/mol. The zero-order valence-electron chi connectivity index (χ0n) is 18.8. The van der Waals surface area contributed by atoms with E-state index < -0.39 is 15.7 Å². The molecule has 34 heavy (non-hydrogen) atoms. The third-order valence-corrected chi connectivity index (χ3v) is 6.70. The van der Waals surface area contributed by atoms with E-state index >= 15 is 0 Å². The fourth-order valence-electron chi connectivity index (χ4n) is 3.38. The zero-order chi connectivity index (χ0) is 24.5. The molecule has 3 amide bonds. The van der Waals surface area contributed by atoms with Crippen LogP contribution in [0.3, 0.4) is 0 Å². The van der Waals surface area contributed by atoms with Gasteiger partial charge < -0.3 is 16.0 Å². The van der Waals surface area contributed by atoms with E-state index in [1.165, 1.54) is 18.2 Å². The summed E-state index contributed by atoms with van der Waals surface area (Å²) in [5.74, 6) is -1.13. The van der Waals surface area contributed by atoms with Crippen LogP contribution in [-0.2, 0) is 14.6 Å². The molecule has 1 aliphatic heterocycles. The van der Waals surface area contributed by atoms with Gasteiger partial charge in [-0.1, -0.05) is 6.07 Å². The predicted molar refractivity (Wildman–Crippen MR) is 127 cm³/mol. The molecule has 2 aromatic rings. The van der Waals surface area contributed by atoms with E-state index in [0.29, 0.717) is 17.8 Å². The first kappa shape index (κ1) is 23.4. The molecule has 2 fully saturated rings. The number of sulfone groups is 1. The Morgan fingerprint density at radius 3 is 2.53 bits per heavy atom. The van der Waals surface area contributed by atoms with Crippen molar-refractivity contribution in [3.05, 3.63) is 53.6 Å². The topological polar surface area (TPSA) is 146 Å². The number of anilines is 2. The van der Waals surface area contributed by atoms with E-state index in [2.05, 4.69) is 26.3 Å². The largest absolute Gasteiger partial charge is 0.355 e. The highest BCUT2D eigenvalue weighted by atomic mass is 32.2. The van der Waals surface area contributed by atoms with Crippen molar-refractivity contribution in [3.63, 3.8) is 0 Å². The molecule has 2 aliphatic rings. The number of nitrogens with one attached hydrogen (secondary N) is 4. The molecule has 0 unspecified atom stereocenters. The molecule has 2 aromatic carbocycles. The highest BCUT2D eigenvalue weighted by Gasteiger charge is 2.38. The van der Waals surface area contributed by atoms with E-state index in [4.69, 9.17) is 0 Å². The van der Waals surface area contributed by atoms with Crippen molar-refractivity contribution in [2.45, 2.75) is 36.6 Å². The summed E-state index contributed by atoms with van der Waals surface area (Å²) in [7, 11) is -3.72. The maximum atomic E-state index is 12.6. The Bertz CT molecular complexity index is 1310. The quantitative estimate of drug-likeness (QED) is 0.489. The number of aliphatic imine (C=N–C) groups is 1. The third-order valence-electron chi connectivity index (χ3n) is 5.56. The van der Waals surface area contributed by atoms with Crippen LogP contribution in [0.1, 0.15) is 46.9 Å². The molecule has 1 saturated carbocycles. The molecule has 0 atom stereocenters. The van der Waals surface area contributed by atoms with Crippen molar-refractivity contribution in [3.8, 4) is 0 Å². The third kappa shape index (κ3) is 5.60. The van der Waals surface area contributed by atoms with Gasteiger partial charge in [0.05, 0.1) is 10.6 Å². The standard InChI is InChI=1S/C23H25N5O5S/c1-23(9-10-23)28-21(31)14-4-3-5-16(12-14)25-17-7-6-15(13-18(17)34(2,32)33)20(30)27-22-24-11-8-19(29)26-22/h3-7,12-13,25H,8-11H2,1-2H3,(H,28,31)(H2,24,26,27,29,30). The van der Waals surface area contributed by atoms with Crippen LogP contribution in [0.15, 0.2) is 52.4 Å². The molecule has 0 radical (unpaired) electrons. The van der Waals surface area contributed by atoms with Crippen LogP contribution in [0.25, 0.3) is 0 Å². The number of hydrogen-bond acceptors (Lipinski definition) is 6. The van der Waals surface area contributed by atoms with E-state index in [1.807, 2.05) is 6.92 Å². The fourth-order valence-corrected chi connectivity index (χ4v) is 4.24. The van der Waals surface area contributed by atoms with Crippen LogP contribution in [0.4, 0.5) is 11.4 Å². The van der Waals surface area contributed by atoms with E-state index in [1.54, 1.807) is 24.3 Å². The average Bonchev–Trinajstić information content (AvgIpc) is 3.50. The van der Waals surface area contributed by atoms with Crippen molar-refractivity contribution >= 4 is 44.9 Å². The lowest BCUT2D eigenvalue weighted by molar-refractivity contribution is -0.120. The van der Waals surface area contributed by atoms with Crippen LogP contribution in [0.2, 0.25) is 0 Å². The summed E-state index contributed by atoms with van der Waals surface area (Å²) >= 11 is 0.